The molecule has 27 heavy (non-hydrogen) atoms. The van der Waals surface area contributed by atoms with E-state index in [-0.39, 0.29) is 6.03 Å². The average molecular weight is 386 g/mol. The zero-order valence-electron chi connectivity index (χ0n) is 16.9. The Balaban J connectivity index is 1.92. The number of benzene rings is 2. The monoisotopic (exact) mass is 385 g/mol. The Labute approximate surface area is 167 Å². The largest absolute Gasteiger partial charge is 0.334 e. The van der Waals surface area contributed by atoms with Gasteiger partial charge in [0.25, 0.3) is 0 Å². The lowest BCUT2D eigenvalue weighted by Crippen LogP contribution is -2.36. The molecule has 0 atom stereocenters. The molecule has 2 aromatic rings. The van der Waals surface area contributed by atoms with Gasteiger partial charge in [-0.25, -0.2) is 4.79 Å². The molecule has 2 aromatic carbocycles. The molecule has 0 saturated carbocycles. The molecule has 0 bridgehead atoms. The Kier molecular flexibility index (Phi) is 8.69. The number of carbonyl (C=O) groups excluding carboxylic acids is 1. The van der Waals surface area contributed by atoms with Crippen molar-refractivity contribution in [1.82, 2.24) is 15.1 Å². The normalized spacial score (nSPS) is 10.9. The molecule has 2 amide bonds. The number of nitrogens with zero attached hydrogens (tertiary/aromatic N) is 2. The number of rotatable bonds is 9. The Hall–Kier alpha value is -1.98. The molecule has 5 heteroatoms. The summed E-state index contributed by atoms with van der Waals surface area (Å²) in [5.41, 5.74) is 3.58. The first-order valence-corrected chi connectivity index (χ1v) is 10.7. The summed E-state index contributed by atoms with van der Waals surface area (Å²) in [7, 11) is 1.83. The van der Waals surface area contributed by atoms with Crippen LogP contribution in [0.5, 0.6) is 0 Å². The first-order chi connectivity index (χ1) is 13.1. The van der Waals surface area contributed by atoms with Crippen molar-refractivity contribution < 1.29 is 4.79 Å². The first-order valence-electron chi connectivity index (χ1n) is 9.48. The summed E-state index contributed by atoms with van der Waals surface area (Å²) in [6.45, 7) is 8.46. The zero-order chi connectivity index (χ0) is 19.6. The maximum atomic E-state index is 12.5. The van der Waals surface area contributed by atoms with Crippen LogP contribution >= 0.6 is 11.8 Å². The second kappa shape index (κ2) is 11.0. The quantitative estimate of drug-likeness (QED) is 0.641. The van der Waals surface area contributed by atoms with Crippen molar-refractivity contribution in [2.24, 2.45) is 0 Å². The maximum absolute atomic E-state index is 12.5. The van der Waals surface area contributed by atoms with Crippen LogP contribution in [-0.2, 0) is 19.6 Å². The first kappa shape index (κ1) is 21.3. The summed E-state index contributed by atoms with van der Waals surface area (Å²) in [5.74, 6) is 0. The van der Waals surface area contributed by atoms with E-state index in [1.807, 2.05) is 13.1 Å². The van der Waals surface area contributed by atoms with E-state index in [0.717, 1.165) is 25.2 Å². The predicted octanol–water partition coefficient (Wildman–Crippen LogP) is 4.59. The van der Waals surface area contributed by atoms with Crippen molar-refractivity contribution >= 4 is 17.8 Å². The highest BCUT2D eigenvalue weighted by Gasteiger charge is 2.11. The van der Waals surface area contributed by atoms with Gasteiger partial charge in [-0.1, -0.05) is 50.2 Å². The third-order valence-corrected chi connectivity index (χ3v) is 5.51. The minimum absolute atomic E-state index is 0.0541. The molecule has 4 nitrogen and oxygen atoms in total. The van der Waals surface area contributed by atoms with Crippen LogP contribution in [0.2, 0.25) is 0 Å². The van der Waals surface area contributed by atoms with Crippen LogP contribution in [0.1, 0.15) is 30.5 Å². The van der Waals surface area contributed by atoms with E-state index in [1.165, 1.54) is 16.0 Å². The fourth-order valence-corrected chi connectivity index (χ4v) is 3.36. The molecule has 0 aromatic heterocycles. The van der Waals surface area contributed by atoms with Crippen molar-refractivity contribution in [3.8, 4) is 0 Å². The minimum Gasteiger partial charge on any atom is -0.334 e. The highest BCUT2D eigenvalue weighted by molar-refractivity contribution is 7.98. The number of urea groups is 1. The van der Waals surface area contributed by atoms with E-state index < -0.39 is 0 Å². The van der Waals surface area contributed by atoms with Gasteiger partial charge in [-0.15, -0.1) is 11.8 Å². The molecule has 0 heterocycles. The smallest absolute Gasteiger partial charge is 0.317 e. The van der Waals surface area contributed by atoms with E-state index >= 15 is 0 Å². The standard InChI is InChI=1S/C22H31N3OS/c1-5-25(6-2)17-20-10-8-7-9-19(20)15-23-22(26)24(3)16-18-11-13-21(27-4)14-12-18/h7-14H,5-6,15-17H2,1-4H3,(H,23,26). The number of carbonyl (C=O) groups is 1. The van der Waals surface area contributed by atoms with E-state index in [1.54, 1.807) is 16.7 Å². The lowest BCUT2D eigenvalue weighted by molar-refractivity contribution is 0.206. The molecule has 0 aliphatic heterocycles. The summed E-state index contributed by atoms with van der Waals surface area (Å²) in [5, 5.41) is 3.06. The van der Waals surface area contributed by atoms with Crippen LogP contribution in [0.4, 0.5) is 4.79 Å². The summed E-state index contributed by atoms with van der Waals surface area (Å²) in [4.78, 5) is 17.8. The lowest BCUT2D eigenvalue weighted by atomic mass is 10.1. The third kappa shape index (κ3) is 6.60. The van der Waals surface area contributed by atoms with Crippen molar-refractivity contribution in [3.63, 3.8) is 0 Å². The molecule has 0 radical (unpaired) electrons. The van der Waals surface area contributed by atoms with Crippen molar-refractivity contribution in [2.45, 2.75) is 38.4 Å². The molecule has 146 valence electrons. The average Bonchev–Trinajstić information content (AvgIpc) is 2.71. The minimum atomic E-state index is -0.0541. The maximum Gasteiger partial charge on any atom is 0.317 e. The van der Waals surface area contributed by atoms with Crippen LogP contribution in [0.25, 0.3) is 0 Å². The molecular weight excluding hydrogens is 354 g/mol. The van der Waals surface area contributed by atoms with Gasteiger partial charge in [-0.3, -0.25) is 4.90 Å². The highest BCUT2D eigenvalue weighted by atomic mass is 32.2. The highest BCUT2D eigenvalue weighted by Crippen LogP contribution is 2.16. The van der Waals surface area contributed by atoms with Crippen molar-refractivity contribution in [2.75, 3.05) is 26.4 Å². The van der Waals surface area contributed by atoms with Gasteiger partial charge in [0.1, 0.15) is 0 Å². The molecule has 0 aliphatic carbocycles. The lowest BCUT2D eigenvalue weighted by Gasteiger charge is -2.21. The van der Waals surface area contributed by atoms with Gasteiger partial charge >= 0.3 is 6.03 Å². The topological polar surface area (TPSA) is 35.6 Å². The zero-order valence-corrected chi connectivity index (χ0v) is 17.7. The van der Waals surface area contributed by atoms with E-state index in [0.29, 0.717) is 13.1 Å². The number of nitrogens with one attached hydrogen (secondary N) is 1. The SMILES string of the molecule is CCN(CC)Cc1ccccc1CNC(=O)N(C)Cc1ccc(SC)cc1. The van der Waals surface area contributed by atoms with Crippen molar-refractivity contribution in [1.29, 1.82) is 0 Å². The van der Waals surface area contributed by atoms with Gasteiger partial charge < -0.3 is 10.2 Å². The van der Waals surface area contributed by atoms with E-state index in [9.17, 15) is 4.79 Å². The Morgan fingerprint density at radius 1 is 0.963 bits per heavy atom. The molecule has 0 unspecified atom stereocenters. The van der Waals surface area contributed by atoms with Gasteiger partial charge in [-0.05, 0) is 48.2 Å². The van der Waals surface area contributed by atoms with Crippen LogP contribution in [-0.4, -0.2) is 42.2 Å². The number of thioether (sulfide) groups is 1. The summed E-state index contributed by atoms with van der Waals surface area (Å²) >= 11 is 1.72. The Morgan fingerprint density at radius 2 is 1.59 bits per heavy atom. The van der Waals surface area contributed by atoms with Crippen molar-refractivity contribution in [3.05, 3.63) is 65.2 Å². The van der Waals surface area contributed by atoms with Gasteiger partial charge in [0.05, 0.1) is 0 Å². The predicted molar refractivity (Wildman–Crippen MR) is 115 cm³/mol. The number of amides is 2. The second-order valence-electron chi connectivity index (χ2n) is 6.59. The van der Waals surface area contributed by atoms with Gasteiger partial charge in [-0.2, -0.15) is 0 Å². The molecule has 0 saturated heterocycles. The van der Waals surface area contributed by atoms with Crippen LogP contribution in [0.15, 0.2) is 53.4 Å². The van der Waals surface area contributed by atoms with E-state index in [2.05, 4.69) is 72.8 Å². The van der Waals surface area contributed by atoms with Crippen LogP contribution in [0, 0.1) is 0 Å². The molecular formula is C22H31N3OS. The Bertz CT molecular complexity index is 714. The van der Waals surface area contributed by atoms with Crippen LogP contribution in [0.3, 0.4) is 0 Å². The molecule has 2 rings (SSSR count). The fourth-order valence-electron chi connectivity index (χ4n) is 2.95. The fraction of sp³-hybridized carbons (Fsp3) is 0.409. The van der Waals surface area contributed by atoms with Crippen LogP contribution < -0.4 is 5.32 Å². The summed E-state index contributed by atoms with van der Waals surface area (Å²) in [6, 6.07) is 16.6. The second-order valence-corrected chi connectivity index (χ2v) is 7.47. The Morgan fingerprint density at radius 3 is 2.19 bits per heavy atom. The summed E-state index contributed by atoms with van der Waals surface area (Å²) in [6.07, 6.45) is 2.06. The molecule has 0 aliphatic rings. The van der Waals surface area contributed by atoms with E-state index in [4.69, 9.17) is 0 Å². The third-order valence-electron chi connectivity index (χ3n) is 4.76. The molecule has 0 spiro atoms. The number of hydrogen-bond donors (Lipinski definition) is 1. The summed E-state index contributed by atoms with van der Waals surface area (Å²) < 4.78 is 0. The van der Waals surface area contributed by atoms with Gasteiger partial charge in [0.15, 0.2) is 0 Å². The van der Waals surface area contributed by atoms with Gasteiger partial charge in [0.2, 0.25) is 0 Å². The van der Waals surface area contributed by atoms with Gasteiger partial charge in [0, 0.05) is 31.6 Å². The molecule has 1 N–H and O–H groups in total. The molecule has 0 fully saturated rings. The number of hydrogen-bond acceptors (Lipinski definition) is 3.